The van der Waals surface area contributed by atoms with Gasteiger partial charge < -0.3 is 9.80 Å². The number of hydrogen-bond acceptors (Lipinski definition) is 5. The minimum Gasteiger partial charge on any atom is -0.336 e. The maximum Gasteiger partial charge on any atom is 0.270 e. The number of likely N-dealkylation sites (N-methyl/N-ethyl adjacent to an activating group) is 1. The summed E-state index contributed by atoms with van der Waals surface area (Å²) in [6.07, 6.45) is 3.85. The molecule has 2 aliphatic heterocycles. The third-order valence-electron chi connectivity index (χ3n) is 5.35. The largest absolute Gasteiger partial charge is 0.336 e. The second-order valence-corrected chi connectivity index (χ2v) is 7.03. The van der Waals surface area contributed by atoms with Crippen molar-refractivity contribution in [1.29, 1.82) is 0 Å². The molecule has 0 spiro atoms. The number of hydrogen-bond donors (Lipinski definition) is 0. The van der Waals surface area contributed by atoms with Gasteiger partial charge in [0.2, 0.25) is 0 Å². The van der Waals surface area contributed by atoms with Crippen LogP contribution in [0.4, 0.5) is 5.69 Å². The highest BCUT2D eigenvalue weighted by Gasteiger charge is 2.26. The van der Waals surface area contributed by atoms with Crippen LogP contribution in [0.1, 0.15) is 29.6 Å². The number of nitro groups is 1. The molecular formula is C18H26N4O3. The van der Waals surface area contributed by atoms with Crippen LogP contribution in [0.2, 0.25) is 0 Å². The monoisotopic (exact) mass is 346 g/mol. The van der Waals surface area contributed by atoms with Gasteiger partial charge in [0.1, 0.15) is 0 Å². The summed E-state index contributed by atoms with van der Waals surface area (Å²) in [5.41, 5.74) is 0.361. The van der Waals surface area contributed by atoms with Crippen LogP contribution in [-0.4, -0.2) is 77.9 Å². The van der Waals surface area contributed by atoms with E-state index >= 15 is 0 Å². The summed E-state index contributed by atoms with van der Waals surface area (Å²) in [5.74, 6) is -0.113. The summed E-state index contributed by atoms with van der Waals surface area (Å²) < 4.78 is 0. The SMILES string of the molecule is CN1CCCC[C@@H]1CN1CCN(C(=O)c2cccc([N+](=O)[O-])c2)CC1. The fourth-order valence-electron chi connectivity index (χ4n) is 3.74. The van der Waals surface area contributed by atoms with E-state index in [1.165, 1.54) is 37.9 Å². The van der Waals surface area contributed by atoms with Gasteiger partial charge in [0.05, 0.1) is 4.92 Å². The lowest BCUT2D eigenvalue weighted by Crippen LogP contribution is -2.53. The van der Waals surface area contributed by atoms with Gasteiger partial charge in [-0.15, -0.1) is 0 Å². The van der Waals surface area contributed by atoms with E-state index in [1.54, 1.807) is 17.0 Å². The van der Waals surface area contributed by atoms with Crippen LogP contribution in [0.5, 0.6) is 0 Å². The van der Waals surface area contributed by atoms with Gasteiger partial charge in [-0.25, -0.2) is 0 Å². The van der Waals surface area contributed by atoms with Crippen molar-refractivity contribution in [3.63, 3.8) is 0 Å². The Labute approximate surface area is 148 Å². The molecule has 1 atom stereocenters. The fourth-order valence-corrected chi connectivity index (χ4v) is 3.74. The van der Waals surface area contributed by atoms with Crippen molar-refractivity contribution in [3.05, 3.63) is 39.9 Å². The van der Waals surface area contributed by atoms with E-state index in [2.05, 4.69) is 16.8 Å². The summed E-state index contributed by atoms with van der Waals surface area (Å²) in [6.45, 7) is 5.33. The van der Waals surface area contributed by atoms with E-state index in [-0.39, 0.29) is 11.6 Å². The van der Waals surface area contributed by atoms with E-state index in [4.69, 9.17) is 0 Å². The van der Waals surface area contributed by atoms with Crippen molar-refractivity contribution in [2.45, 2.75) is 25.3 Å². The summed E-state index contributed by atoms with van der Waals surface area (Å²) in [6, 6.07) is 6.62. The lowest BCUT2D eigenvalue weighted by molar-refractivity contribution is -0.384. The van der Waals surface area contributed by atoms with Crippen LogP contribution < -0.4 is 0 Å². The van der Waals surface area contributed by atoms with Gasteiger partial charge in [-0.2, -0.15) is 0 Å². The van der Waals surface area contributed by atoms with E-state index in [1.807, 2.05) is 0 Å². The van der Waals surface area contributed by atoms with Gasteiger partial charge in [-0.05, 0) is 32.5 Å². The molecule has 1 amide bonds. The summed E-state index contributed by atoms with van der Waals surface area (Å²) in [7, 11) is 2.20. The molecule has 2 aliphatic rings. The zero-order valence-corrected chi connectivity index (χ0v) is 14.8. The maximum absolute atomic E-state index is 12.6. The standard InChI is InChI=1S/C18H26N4O3/c1-19-8-3-2-6-17(19)14-20-9-11-21(12-10-20)18(23)15-5-4-7-16(13-15)22(24)25/h4-5,7,13,17H,2-3,6,8-12,14H2,1H3/t17-/m1/s1. The Kier molecular flexibility index (Phi) is 5.65. The first-order chi connectivity index (χ1) is 12.0. The van der Waals surface area contributed by atoms with Crippen LogP contribution >= 0.6 is 0 Å². The minimum absolute atomic E-state index is 0.0372. The number of nitrogens with zero attached hydrogens (tertiary/aromatic N) is 4. The van der Waals surface area contributed by atoms with Gasteiger partial charge >= 0.3 is 0 Å². The third-order valence-corrected chi connectivity index (χ3v) is 5.35. The number of nitro benzene ring substituents is 1. The van der Waals surface area contributed by atoms with Crippen molar-refractivity contribution in [3.8, 4) is 0 Å². The quantitative estimate of drug-likeness (QED) is 0.614. The summed E-state index contributed by atoms with van der Waals surface area (Å²) in [5, 5.41) is 10.9. The second kappa shape index (κ2) is 7.93. The van der Waals surface area contributed by atoms with E-state index < -0.39 is 4.92 Å². The smallest absolute Gasteiger partial charge is 0.270 e. The third kappa shape index (κ3) is 4.35. The predicted molar refractivity (Wildman–Crippen MR) is 95.7 cm³/mol. The van der Waals surface area contributed by atoms with Gasteiger partial charge in [0.25, 0.3) is 11.6 Å². The Morgan fingerprint density at radius 1 is 1.20 bits per heavy atom. The number of carbonyl (C=O) groups excluding carboxylic acids is 1. The number of likely N-dealkylation sites (tertiary alicyclic amines) is 1. The van der Waals surface area contributed by atoms with E-state index in [9.17, 15) is 14.9 Å². The van der Waals surface area contributed by atoms with Crippen LogP contribution in [0.3, 0.4) is 0 Å². The highest BCUT2D eigenvalue weighted by atomic mass is 16.6. The van der Waals surface area contributed by atoms with Crippen LogP contribution in [0.25, 0.3) is 0 Å². The topological polar surface area (TPSA) is 69.9 Å². The van der Waals surface area contributed by atoms with Gasteiger partial charge in [0.15, 0.2) is 0 Å². The van der Waals surface area contributed by atoms with Crippen molar-refractivity contribution in [1.82, 2.24) is 14.7 Å². The number of non-ortho nitro benzene ring substituents is 1. The summed E-state index contributed by atoms with van der Waals surface area (Å²) >= 11 is 0. The van der Waals surface area contributed by atoms with Gasteiger partial charge in [-0.3, -0.25) is 19.8 Å². The average molecular weight is 346 g/mol. The molecule has 0 unspecified atom stereocenters. The van der Waals surface area contributed by atoms with Crippen LogP contribution in [0.15, 0.2) is 24.3 Å². The first-order valence-electron chi connectivity index (χ1n) is 9.01. The van der Waals surface area contributed by atoms with E-state index in [0.29, 0.717) is 24.7 Å². The maximum atomic E-state index is 12.6. The molecule has 0 bridgehead atoms. The number of benzene rings is 1. The van der Waals surface area contributed by atoms with E-state index in [0.717, 1.165) is 19.6 Å². The lowest BCUT2D eigenvalue weighted by atomic mass is 10.0. The molecular weight excluding hydrogens is 320 g/mol. The first-order valence-corrected chi connectivity index (χ1v) is 9.01. The molecule has 2 fully saturated rings. The number of rotatable bonds is 4. The van der Waals surface area contributed by atoms with Gasteiger partial charge in [-0.1, -0.05) is 12.5 Å². The zero-order chi connectivity index (χ0) is 17.8. The zero-order valence-electron chi connectivity index (χ0n) is 14.8. The molecule has 136 valence electrons. The normalized spacial score (nSPS) is 22.8. The van der Waals surface area contributed by atoms with Crippen molar-refractivity contribution in [2.24, 2.45) is 0 Å². The molecule has 7 heteroatoms. The molecule has 2 saturated heterocycles. The summed E-state index contributed by atoms with van der Waals surface area (Å²) in [4.78, 5) is 29.7. The van der Waals surface area contributed by atoms with Crippen LogP contribution in [0, 0.1) is 10.1 Å². The second-order valence-electron chi connectivity index (χ2n) is 7.03. The number of piperazine rings is 1. The Bertz CT molecular complexity index is 629. The lowest BCUT2D eigenvalue weighted by Gasteiger charge is -2.40. The minimum atomic E-state index is -0.463. The Balaban J connectivity index is 1.54. The van der Waals surface area contributed by atoms with Crippen molar-refractivity contribution < 1.29 is 9.72 Å². The molecule has 3 rings (SSSR count). The fraction of sp³-hybridized carbons (Fsp3) is 0.611. The first kappa shape index (κ1) is 17.8. The molecule has 1 aromatic rings. The molecule has 0 saturated carbocycles. The average Bonchev–Trinajstić information content (AvgIpc) is 2.64. The highest BCUT2D eigenvalue weighted by Crippen LogP contribution is 2.18. The highest BCUT2D eigenvalue weighted by molar-refractivity contribution is 5.94. The Morgan fingerprint density at radius 3 is 2.64 bits per heavy atom. The molecule has 25 heavy (non-hydrogen) atoms. The molecule has 1 aromatic carbocycles. The number of carbonyl (C=O) groups is 1. The molecule has 7 nitrogen and oxygen atoms in total. The molecule has 0 radical (unpaired) electrons. The Hall–Kier alpha value is -1.99. The van der Waals surface area contributed by atoms with Crippen LogP contribution in [-0.2, 0) is 0 Å². The number of piperidine rings is 1. The van der Waals surface area contributed by atoms with Gasteiger partial charge in [0, 0.05) is 56.5 Å². The molecule has 0 N–H and O–H groups in total. The number of amides is 1. The Morgan fingerprint density at radius 2 is 1.96 bits per heavy atom. The molecule has 2 heterocycles. The molecule has 0 aromatic heterocycles. The predicted octanol–water partition coefficient (Wildman–Crippen LogP) is 1.84. The molecule has 0 aliphatic carbocycles. The van der Waals surface area contributed by atoms with Crippen molar-refractivity contribution in [2.75, 3.05) is 46.3 Å². The van der Waals surface area contributed by atoms with Crippen molar-refractivity contribution >= 4 is 11.6 Å².